The Morgan fingerprint density at radius 3 is 3.00 bits per heavy atom. The number of nitrogens with one attached hydrogen (secondary N) is 1. The molecule has 0 saturated heterocycles. The van der Waals surface area contributed by atoms with Crippen molar-refractivity contribution in [2.24, 2.45) is 0 Å². The van der Waals surface area contributed by atoms with Crippen molar-refractivity contribution in [1.82, 2.24) is 4.98 Å². The summed E-state index contributed by atoms with van der Waals surface area (Å²) >= 11 is 7.43. The highest BCUT2D eigenvalue weighted by molar-refractivity contribution is 7.17. The van der Waals surface area contributed by atoms with Gasteiger partial charge >= 0.3 is 0 Å². The van der Waals surface area contributed by atoms with E-state index in [1.165, 1.54) is 10.8 Å². The zero-order valence-corrected chi connectivity index (χ0v) is 11.4. The van der Waals surface area contributed by atoms with Gasteiger partial charge in [-0.1, -0.05) is 17.7 Å². The van der Waals surface area contributed by atoms with E-state index in [9.17, 15) is 4.39 Å². The standard InChI is InChI=1S/C14H10ClFN2S/c15-11-7-9(1-2-12(11)16)8-18-14-10-4-6-19-13(10)3-5-17-14/h1-7H,8H2,(H,17,18). The number of aromatic nitrogens is 1. The van der Waals surface area contributed by atoms with Crippen molar-refractivity contribution in [3.63, 3.8) is 0 Å². The first-order valence-electron chi connectivity index (χ1n) is 5.74. The first kappa shape index (κ1) is 12.4. The molecular formula is C14H10ClFN2S. The maximum Gasteiger partial charge on any atom is 0.141 e. The third-order valence-corrected chi connectivity index (χ3v) is 4.00. The molecule has 2 nitrogen and oxygen atoms in total. The van der Waals surface area contributed by atoms with Crippen LogP contribution in [-0.4, -0.2) is 4.98 Å². The third kappa shape index (κ3) is 2.55. The fourth-order valence-corrected chi connectivity index (χ4v) is 2.86. The van der Waals surface area contributed by atoms with Crippen LogP contribution in [0.3, 0.4) is 0 Å². The zero-order valence-electron chi connectivity index (χ0n) is 9.86. The molecule has 0 amide bonds. The molecule has 5 heteroatoms. The molecule has 0 aliphatic carbocycles. The summed E-state index contributed by atoms with van der Waals surface area (Å²) < 4.78 is 14.3. The second-order valence-electron chi connectivity index (χ2n) is 4.09. The topological polar surface area (TPSA) is 24.9 Å². The largest absolute Gasteiger partial charge is 0.365 e. The van der Waals surface area contributed by atoms with Crippen LogP contribution in [0.4, 0.5) is 10.2 Å². The summed E-state index contributed by atoms with van der Waals surface area (Å²) in [7, 11) is 0. The molecule has 0 aliphatic heterocycles. The molecule has 96 valence electrons. The van der Waals surface area contributed by atoms with Gasteiger partial charge in [-0.3, -0.25) is 0 Å². The number of nitrogens with zero attached hydrogens (tertiary/aromatic N) is 1. The van der Waals surface area contributed by atoms with E-state index in [1.807, 2.05) is 17.5 Å². The summed E-state index contributed by atoms with van der Waals surface area (Å²) in [4.78, 5) is 4.32. The number of pyridine rings is 1. The molecule has 0 spiro atoms. The van der Waals surface area contributed by atoms with Crippen molar-refractivity contribution in [3.05, 3.63) is 58.3 Å². The van der Waals surface area contributed by atoms with Crippen LogP contribution >= 0.6 is 22.9 Å². The van der Waals surface area contributed by atoms with Crippen LogP contribution in [0.25, 0.3) is 10.1 Å². The first-order chi connectivity index (χ1) is 9.24. The van der Waals surface area contributed by atoms with Crippen LogP contribution < -0.4 is 5.32 Å². The lowest BCUT2D eigenvalue weighted by Crippen LogP contribution is -2.01. The average molecular weight is 293 g/mol. The van der Waals surface area contributed by atoms with Gasteiger partial charge in [0.15, 0.2) is 0 Å². The molecule has 0 bridgehead atoms. The summed E-state index contributed by atoms with van der Waals surface area (Å²) in [6.07, 6.45) is 1.78. The predicted octanol–water partition coefficient (Wildman–Crippen LogP) is 4.70. The summed E-state index contributed by atoms with van der Waals surface area (Å²) in [5.41, 5.74) is 0.917. The van der Waals surface area contributed by atoms with Crippen molar-refractivity contribution in [1.29, 1.82) is 0 Å². The number of halogens is 2. The van der Waals surface area contributed by atoms with Gasteiger partial charge in [0.2, 0.25) is 0 Å². The molecule has 2 heterocycles. The van der Waals surface area contributed by atoms with Gasteiger partial charge in [-0.25, -0.2) is 9.37 Å². The molecule has 1 aromatic carbocycles. The number of hydrogen-bond acceptors (Lipinski definition) is 3. The molecule has 1 N–H and O–H groups in total. The molecule has 0 radical (unpaired) electrons. The van der Waals surface area contributed by atoms with E-state index in [4.69, 9.17) is 11.6 Å². The van der Waals surface area contributed by atoms with Crippen LogP contribution in [0.5, 0.6) is 0 Å². The second kappa shape index (κ2) is 5.15. The molecule has 0 fully saturated rings. The van der Waals surface area contributed by atoms with Gasteiger partial charge in [0, 0.05) is 22.8 Å². The molecule has 0 atom stereocenters. The highest BCUT2D eigenvalue weighted by atomic mass is 35.5. The number of thiophene rings is 1. The third-order valence-electron chi connectivity index (χ3n) is 2.82. The number of anilines is 1. The predicted molar refractivity (Wildman–Crippen MR) is 78.4 cm³/mol. The number of benzene rings is 1. The Hall–Kier alpha value is -1.65. The van der Waals surface area contributed by atoms with E-state index in [-0.39, 0.29) is 5.02 Å². The van der Waals surface area contributed by atoms with Gasteiger partial charge in [-0.2, -0.15) is 0 Å². The molecular weight excluding hydrogens is 283 g/mol. The van der Waals surface area contributed by atoms with E-state index >= 15 is 0 Å². The second-order valence-corrected chi connectivity index (χ2v) is 5.45. The van der Waals surface area contributed by atoms with Crippen LogP contribution in [0.2, 0.25) is 5.02 Å². The smallest absolute Gasteiger partial charge is 0.141 e. The summed E-state index contributed by atoms with van der Waals surface area (Å²) in [5, 5.41) is 6.52. The maximum atomic E-state index is 13.1. The van der Waals surface area contributed by atoms with Crippen molar-refractivity contribution in [2.45, 2.75) is 6.54 Å². The lowest BCUT2D eigenvalue weighted by molar-refractivity contribution is 0.627. The first-order valence-corrected chi connectivity index (χ1v) is 7.00. The molecule has 19 heavy (non-hydrogen) atoms. The average Bonchev–Trinajstić information content (AvgIpc) is 2.89. The van der Waals surface area contributed by atoms with Gasteiger partial charge < -0.3 is 5.32 Å². The van der Waals surface area contributed by atoms with E-state index in [1.54, 1.807) is 29.7 Å². The Kier molecular flexibility index (Phi) is 3.36. The molecule has 3 rings (SSSR count). The van der Waals surface area contributed by atoms with Crippen LogP contribution in [0.15, 0.2) is 41.9 Å². The quantitative estimate of drug-likeness (QED) is 0.757. The molecule has 0 saturated carbocycles. The molecule has 0 aliphatic rings. The Balaban J connectivity index is 1.82. The minimum absolute atomic E-state index is 0.140. The Morgan fingerprint density at radius 1 is 1.26 bits per heavy atom. The van der Waals surface area contributed by atoms with Gasteiger partial charge in [-0.15, -0.1) is 11.3 Å². The van der Waals surface area contributed by atoms with Gasteiger partial charge in [0.25, 0.3) is 0 Å². The summed E-state index contributed by atoms with van der Waals surface area (Å²) in [5.74, 6) is 0.433. The number of fused-ring (bicyclic) bond motifs is 1. The lowest BCUT2D eigenvalue weighted by Gasteiger charge is -2.07. The molecule has 3 aromatic rings. The van der Waals surface area contributed by atoms with Crippen molar-refractivity contribution in [2.75, 3.05) is 5.32 Å². The van der Waals surface area contributed by atoms with E-state index < -0.39 is 5.82 Å². The number of hydrogen-bond donors (Lipinski definition) is 1. The van der Waals surface area contributed by atoms with Gasteiger partial charge in [0.1, 0.15) is 11.6 Å². The summed E-state index contributed by atoms with van der Waals surface area (Å²) in [6, 6.07) is 8.73. The minimum atomic E-state index is -0.400. The highest BCUT2D eigenvalue weighted by Crippen LogP contribution is 2.26. The molecule has 0 unspecified atom stereocenters. The lowest BCUT2D eigenvalue weighted by atomic mass is 10.2. The van der Waals surface area contributed by atoms with Crippen LogP contribution in [0, 0.1) is 5.82 Å². The SMILES string of the molecule is Fc1ccc(CNc2nccc3sccc23)cc1Cl. The maximum absolute atomic E-state index is 13.1. The Bertz CT molecular complexity index is 726. The number of rotatable bonds is 3. The fraction of sp³-hybridized carbons (Fsp3) is 0.0714. The fourth-order valence-electron chi connectivity index (χ4n) is 1.87. The van der Waals surface area contributed by atoms with Gasteiger partial charge in [0.05, 0.1) is 5.02 Å². The zero-order chi connectivity index (χ0) is 13.2. The Labute approximate surface area is 118 Å². The summed E-state index contributed by atoms with van der Waals surface area (Å²) in [6.45, 7) is 0.558. The normalized spacial score (nSPS) is 10.8. The monoisotopic (exact) mass is 292 g/mol. The van der Waals surface area contributed by atoms with E-state index in [0.717, 1.165) is 16.8 Å². The van der Waals surface area contributed by atoms with Crippen molar-refractivity contribution < 1.29 is 4.39 Å². The van der Waals surface area contributed by atoms with Crippen molar-refractivity contribution in [3.8, 4) is 0 Å². The van der Waals surface area contributed by atoms with Crippen LogP contribution in [-0.2, 0) is 6.54 Å². The van der Waals surface area contributed by atoms with E-state index in [2.05, 4.69) is 10.3 Å². The highest BCUT2D eigenvalue weighted by Gasteiger charge is 2.04. The van der Waals surface area contributed by atoms with Gasteiger partial charge in [-0.05, 0) is 35.2 Å². The van der Waals surface area contributed by atoms with E-state index in [0.29, 0.717) is 6.54 Å². The Morgan fingerprint density at radius 2 is 2.16 bits per heavy atom. The van der Waals surface area contributed by atoms with Crippen molar-refractivity contribution >= 4 is 38.8 Å². The minimum Gasteiger partial charge on any atom is -0.365 e. The molecule has 2 aromatic heterocycles. The van der Waals surface area contributed by atoms with Crippen LogP contribution in [0.1, 0.15) is 5.56 Å².